The number of pyridine rings is 1. The summed E-state index contributed by atoms with van der Waals surface area (Å²) in [7, 11) is 3.11. The first-order chi connectivity index (χ1) is 62.1. The van der Waals surface area contributed by atoms with Gasteiger partial charge in [0, 0.05) is 61.9 Å². The summed E-state index contributed by atoms with van der Waals surface area (Å²) in [4.78, 5) is 123. The lowest BCUT2D eigenvalue weighted by Gasteiger charge is -2.08. The quantitative estimate of drug-likeness (QED) is 0.0312. The van der Waals surface area contributed by atoms with Gasteiger partial charge in [-0.25, -0.2) is 0 Å². The maximum Gasteiger partial charge on any atom is 0.258 e. The molecule has 0 saturated heterocycles. The number of para-hydroxylation sites is 2. The van der Waals surface area contributed by atoms with E-state index in [9.17, 15) is 38.4 Å². The van der Waals surface area contributed by atoms with E-state index in [2.05, 4.69) is 93.9 Å². The summed E-state index contributed by atoms with van der Waals surface area (Å²) < 4.78 is 16.0. The first-order valence-corrected chi connectivity index (χ1v) is 39.7. The monoisotopic (exact) mass is 1720 g/mol. The van der Waals surface area contributed by atoms with Crippen molar-refractivity contribution < 1.29 is 47.8 Å². The average molecular weight is 1720 g/mol. The summed E-state index contributed by atoms with van der Waals surface area (Å²) in [6.45, 7) is 9.24. The Morgan fingerprint density at radius 2 is 0.562 bits per heavy atom. The number of nitriles is 1. The third kappa shape index (κ3) is 22.5. The van der Waals surface area contributed by atoms with Gasteiger partial charge in [0.05, 0.1) is 48.6 Å². The first kappa shape index (κ1) is 88.1. The molecule has 0 aliphatic heterocycles. The van der Waals surface area contributed by atoms with Gasteiger partial charge in [0.25, 0.3) is 71.1 Å². The van der Waals surface area contributed by atoms with Crippen LogP contribution in [0.15, 0.2) is 304 Å². The van der Waals surface area contributed by atoms with Crippen LogP contribution in [-0.4, -0.2) is 126 Å². The summed E-state index contributed by atoms with van der Waals surface area (Å²) in [5.74, 6) is -0.733. The number of methoxy groups -OCH3 is 2. The van der Waals surface area contributed by atoms with Crippen LogP contribution in [0.2, 0.25) is 5.02 Å². The van der Waals surface area contributed by atoms with Crippen LogP contribution >= 0.6 is 11.6 Å². The van der Waals surface area contributed by atoms with E-state index in [0.29, 0.717) is 89.3 Å². The van der Waals surface area contributed by atoms with Gasteiger partial charge in [-0.05, 0) is 220 Å². The highest BCUT2D eigenvalue weighted by Crippen LogP contribution is 2.27. The van der Waals surface area contributed by atoms with E-state index in [4.69, 9.17) is 26.3 Å². The largest absolute Gasteiger partial charge is 0.497 e. The highest BCUT2D eigenvalue weighted by atomic mass is 35.5. The van der Waals surface area contributed by atoms with Crippen LogP contribution < -0.4 is 52.0 Å². The molecule has 0 spiro atoms. The molecule has 8 N–H and O–H groups in total. The number of hydrogen-bond donors (Lipinski definition) is 8. The molecule has 0 bridgehead atoms. The minimum atomic E-state index is -0.393. The van der Waals surface area contributed by atoms with E-state index in [1.807, 2.05) is 156 Å². The van der Waals surface area contributed by atoms with Crippen molar-refractivity contribution in [2.75, 3.05) is 56.8 Å². The maximum atomic E-state index is 12.9. The smallest absolute Gasteiger partial charge is 0.258 e. The van der Waals surface area contributed by atoms with E-state index < -0.39 is 5.91 Å². The van der Waals surface area contributed by atoms with Gasteiger partial charge in [0.1, 0.15) is 11.5 Å². The van der Waals surface area contributed by atoms with Crippen molar-refractivity contribution in [3.63, 3.8) is 0 Å². The Hall–Kier alpha value is -17.7. The molecule has 0 atom stereocenters. The minimum absolute atomic E-state index is 0.0349. The second-order valence-corrected chi connectivity index (χ2v) is 28.3. The van der Waals surface area contributed by atoms with Gasteiger partial charge < -0.3 is 9.47 Å². The van der Waals surface area contributed by atoms with Crippen LogP contribution in [0.5, 0.6) is 11.5 Å². The normalized spacial score (nSPS) is 10.4. The average Bonchev–Trinajstić information content (AvgIpc) is 1.65. The fourth-order valence-electron chi connectivity index (χ4n) is 12.4. The summed E-state index contributed by atoms with van der Waals surface area (Å²) in [6, 6.07) is 86.6. The maximum absolute atomic E-state index is 12.9. The number of hydrogen-bond acceptors (Lipinski definition) is 20. The van der Waals surface area contributed by atoms with Gasteiger partial charge in [-0.1, -0.05) is 145 Å². The number of benzene rings is 11. The van der Waals surface area contributed by atoms with Gasteiger partial charge in [-0.15, -0.1) is 20.4 Å². The number of ether oxygens (including phenoxy) is 2. The van der Waals surface area contributed by atoms with Crippen molar-refractivity contribution >= 4 is 106 Å². The van der Waals surface area contributed by atoms with Crippen LogP contribution in [0.1, 0.15) is 116 Å². The predicted molar refractivity (Wildman–Crippen MR) is 485 cm³/mol. The zero-order chi connectivity index (χ0) is 90.2. The highest BCUT2D eigenvalue weighted by Gasteiger charge is 2.25. The van der Waals surface area contributed by atoms with E-state index in [0.717, 1.165) is 27.8 Å². The summed E-state index contributed by atoms with van der Waals surface area (Å²) in [6.07, 6.45) is 3.05. The van der Waals surface area contributed by atoms with Gasteiger partial charge in [-0.3, -0.25) is 85.9 Å². The zero-order valence-electron chi connectivity index (χ0n) is 69.6. The molecule has 8 amide bonds. The van der Waals surface area contributed by atoms with Crippen molar-refractivity contribution in [1.82, 2.24) is 64.0 Å². The van der Waals surface area contributed by atoms with E-state index in [-0.39, 0.29) is 88.9 Å². The van der Waals surface area contributed by atoms with Crippen LogP contribution in [0.3, 0.4) is 0 Å². The first-order valence-electron chi connectivity index (χ1n) is 39.3. The third-order valence-electron chi connectivity index (χ3n) is 19.1. The summed E-state index contributed by atoms with van der Waals surface area (Å²) in [5, 5.41) is 48.9. The predicted octanol–water partition coefficient (Wildman–Crippen LogP) is 16.6. The molecule has 0 unspecified atom stereocenters. The van der Waals surface area contributed by atoms with Crippen molar-refractivity contribution in [2.45, 2.75) is 34.6 Å². The van der Waals surface area contributed by atoms with Gasteiger partial charge >= 0.3 is 0 Å². The molecular formula is C95H79ClN22O10. The summed E-state index contributed by atoms with van der Waals surface area (Å²) >= 11 is 6.14. The second kappa shape index (κ2) is 41.7. The molecule has 16 aromatic rings. The Morgan fingerprint density at radius 1 is 0.297 bits per heavy atom. The van der Waals surface area contributed by atoms with Crippen LogP contribution in [0, 0.1) is 45.9 Å². The lowest BCUT2D eigenvalue weighted by Crippen LogP contribution is -2.17. The highest BCUT2D eigenvalue weighted by molar-refractivity contribution is 6.30. The fourth-order valence-corrected chi connectivity index (χ4v) is 12.6. The molecule has 128 heavy (non-hydrogen) atoms. The minimum Gasteiger partial charge on any atom is -0.497 e. The SMILES string of the molecule is COc1ccc(C(=O)Nc2nc(NC(=O)c3ccc(OC)cc3)n(-c3ccccc3)n2)cc1.Cc1ccccc1C(=O)Nc1nc(NC(=O)c2ccccc2C)n(-c2ccc(C#N)cc2)n1.Cc1ccccc1C(=O)Nc1nc(NC(=O)c2ccccc2C)n(-c2cccc(Cl)c2)n1.Cc1ccccc1C(=O)Nc1nc(NC(=O)c2ccncc2)nn1-c1ccccc1. The lowest BCUT2D eigenvalue weighted by molar-refractivity contribution is 0.101. The molecule has 0 radical (unpaired) electrons. The van der Waals surface area contributed by atoms with Gasteiger partial charge in [0.15, 0.2) is 0 Å². The molecule has 32 nitrogen and oxygen atoms in total. The third-order valence-corrected chi connectivity index (χ3v) is 19.4. The molecule has 5 heterocycles. The van der Waals surface area contributed by atoms with Crippen molar-refractivity contribution in [3.05, 3.63) is 386 Å². The van der Waals surface area contributed by atoms with Crippen molar-refractivity contribution in [2.24, 2.45) is 0 Å². The number of carbonyl (C=O) groups excluding carboxylic acids is 8. The molecule has 0 aliphatic carbocycles. The van der Waals surface area contributed by atoms with Crippen LogP contribution in [0.25, 0.3) is 22.7 Å². The lowest BCUT2D eigenvalue weighted by atomic mass is 10.1. The molecule has 11 aromatic carbocycles. The second-order valence-electron chi connectivity index (χ2n) is 27.9. The Bertz CT molecular complexity index is 6760. The standard InChI is InChI=1S/C25H20N6O2.C24H20ClN5O2.C24H21N5O4.C22H18N6O2/c1-16-7-3-5-9-20(16)22(32)27-24-29-25(28-23(33)21-10-6-4-8-17(21)2)31(30-24)19-13-11-18(15-26)12-14-19;1-15-8-3-5-12-19(15)21(31)26-23-28-24(27-22(32)20-13-6-4-9-16(20)2)30(29-23)18-11-7-10-17(25)14-18;1-32-19-12-8-16(9-13-19)21(30)25-23-27-24(29(28-23)18-6-4-3-5-7-18)26-22(31)17-10-14-20(33-2)15-11-17;1-15-7-5-6-10-18(15)20(30)25-22-26-21(24-19(29)16-11-13-23-14-12-16)27-28(22)17-8-3-2-4-9-17/h3-14H,1-2H3,(H2,27,28,29,30,32,33);3-14H,1-2H3,(H2,26,27,28,29,31,32);3-15H,1-2H3,(H2,25,26,27,28,30,31);2-14H,1H3,(H2,24,25,26,27,29,30). The zero-order valence-corrected chi connectivity index (χ0v) is 70.3. The van der Waals surface area contributed by atoms with Crippen LogP contribution in [-0.2, 0) is 0 Å². The number of rotatable bonds is 22. The molecule has 0 aliphatic rings. The fraction of sp³-hybridized carbons (Fsp3) is 0.0737. The van der Waals surface area contributed by atoms with Crippen molar-refractivity contribution in [1.29, 1.82) is 5.26 Å². The molecule has 636 valence electrons. The Labute approximate surface area is 737 Å². The number of carbonyl (C=O) groups is 8. The van der Waals surface area contributed by atoms with E-state index in [1.165, 1.54) is 31.1 Å². The number of nitrogens with one attached hydrogen (secondary N) is 8. The Kier molecular flexibility index (Phi) is 28.7. The van der Waals surface area contributed by atoms with Gasteiger partial charge in [-0.2, -0.15) is 43.9 Å². The van der Waals surface area contributed by atoms with Crippen LogP contribution in [0.4, 0.5) is 47.6 Å². The molecule has 33 heteroatoms. The molecule has 5 aromatic heterocycles. The number of nitrogens with zero attached hydrogens (tertiary/aromatic N) is 14. The topological polar surface area (TPSA) is 411 Å². The molecular weight excluding hydrogens is 1640 g/mol. The summed E-state index contributed by atoms with van der Waals surface area (Å²) in [5.41, 5.74) is 10.9. The van der Waals surface area contributed by atoms with E-state index in [1.54, 1.807) is 184 Å². The number of amides is 8. The Morgan fingerprint density at radius 3 is 0.875 bits per heavy atom. The number of aryl methyl sites for hydroxylation is 5. The number of halogens is 1. The van der Waals surface area contributed by atoms with Gasteiger partial charge in [0.2, 0.25) is 23.8 Å². The molecule has 0 fully saturated rings. The van der Waals surface area contributed by atoms with Crippen molar-refractivity contribution in [3.8, 4) is 40.3 Å². The van der Waals surface area contributed by atoms with E-state index >= 15 is 0 Å². The molecule has 16 rings (SSSR count). The number of anilines is 8. The number of aromatic nitrogens is 13. The molecule has 0 saturated carbocycles. The Balaban J connectivity index is 0.000000146.